The number of rotatable bonds is 6. The van der Waals surface area contributed by atoms with Gasteiger partial charge in [0.05, 0.1) is 19.3 Å². The highest BCUT2D eigenvalue weighted by atomic mass is 16.5. The van der Waals surface area contributed by atoms with E-state index in [1.165, 1.54) is 24.1 Å². The number of carbonyl (C=O) groups excluding carboxylic acids is 1. The molecule has 0 saturated heterocycles. The quantitative estimate of drug-likeness (QED) is 0.672. The van der Waals surface area contributed by atoms with E-state index >= 15 is 0 Å². The molecule has 1 aliphatic carbocycles. The molecule has 0 radical (unpaired) electrons. The van der Waals surface area contributed by atoms with Crippen molar-refractivity contribution in [3.8, 4) is 17.0 Å². The van der Waals surface area contributed by atoms with Crippen LogP contribution >= 0.6 is 0 Å². The Labute approximate surface area is 170 Å². The fourth-order valence-electron chi connectivity index (χ4n) is 3.75. The number of pyridine rings is 1. The second kappa shape index (κ2) is 8.77. The number of urea groups is 1. The highest BCUT2D eigenvalue weighted by Gasteiger charge is 2.21. The van der Waals surface area contributed by atoms with Crippen LogP contribution in [-0.2, 0) is 19.4 Å². The summed E-state index contributed by atoms with van der Waals surface area (Å²) in [5.41, 5.74) is 5.46. The van der Waals surface area contributed by atoms with Gasteiger partial charge in [-0.1, -0.05) is 6.07 Å². The number of hydrogen-bond acceptors (Lipinski definition) is 4. The van der Waals surface area contributed by atoms with Crippen molar-refractivity contribution in [2.75, 3.05) is 19.0 Å². The first-order chi connectivity index (χ1) is 14.2. The molecule has 3 aromatic rings. The predicted molar refractivity (Wildman–Crippen MR) is 112 cm³/mol. The third-order valence-electron chi connectivity index (χ3n) is 5.15. The summed E-state index contributed by atoms with van der Waals surface area (Å²) >= 11 is 0. The van der Waals surface area contributed by atoms with E-state index in [1.54, 1.807) is 25.6 Å². The number of fused-ring (bicyclic) bond motifs is 1. The van der Waals surface area contributed by atoms with Gasteiger partial charge in [0.25, 0.3) is 0 Å². The topological polar surface area (TPSA) is 81.1 Å². The molecule has 0 unspecified atom stereocenters. The van der Waals surface area contributed by atoms with E-state index in [9.17, 15) is 4.79 Å². The summed E-state index contributed by atoms with van der Waals surface area (Å²) in [6.45, 7) is 1.14. The lowest BCUT2D eigenvalue weighted by atomic mass is 9.94. The maximum Gasteiger partial charge on any atom is 0.319 e. The zero-order valence-corrected chi connectivity index (χ0v) is 16.5. The molecule has 0 aliphatic heterocycles. The van der Waals surface area contributed by atoms with Crippen LogP contribution in [0, 0.1) is 0 Å². The summed E-state index contributed by atoms with van der Waals surface area (Å²) in [5, 5.41) is 10.6. The molecule has 29 heavy (non-hydrogen) atoms. The molecule has 0 bridgehead atoms. The predicted octanol–water partition coefficient (Wildman–Crippen LogP) is 3.65. The monoisotopic (exact) mass is 391 g/mol. The number of methoxy groups -OCH3 is 1. The molecule has 4 rings (SSSR count). The van der Waals surface area contributed by atoms with E-state index in [-0.39, 0.29) is 6.03 Å². The van der Waals surface area contributed by atoms with Gasteiger partial charge < -0.3 is 15.4 Å². The Morgan fingerprint density at radius 2 is 2.00 bits per heavy atom. The van der Waals surface area contributed by atoms with E-state index in [0.29, 0.717) is 24.5 Å². The molecule has 7 heteroatoms. The lowest BCUT2D eigenvalue weighted by molar-refractivity contribution is 0.251. The molecule has 2 N–H and O–H groups in total. The van der Waals surface area contributed by atoms with Crippen LogP contribution in [0.2, 0.25) is 0 Å². The summed E-state index contributed by atoms with van der Waals surface area (Å²) in [6.07, 6.45) is 8.05. The summed E-state index contributed by atoms with van der Waals surface area (Å²) in [4.78, 5) is 16.3. The zero-order valence-electron chi connectivity index (χ0n) is 16.5. The Balaban J connectivity index is 1.41. The van der Waals surface area contributed by atoms with Gasteiger partial charge in [-0.3, -0.25) is 9.67 Å². The Morgan fingerprint density at radius 3 is 2.83 bits per heavy atom. The number of nitrogens with one attached hydrogen (secondary N) is 2. The third-order valence-corrected chi connectivity index (χ3v) is 5.15. The van der Waals surface area contributed by atoms with Crippen molar-refractivity contribution >= 4 is 11.7 Å². The van der Waals surface area contributed by atoms with Crippen molar-refractivity contribution in [3.05, 3.63) is 60.0 Å². The van der Waals surface area contributed by atoms with Gasteiger partial charge in [-0.15, -0.1) is 0 Å². The molecule has 2 heterocycles. The van der Waals surface area contributed by atoms with Gasteiger partial charge >= 0.3 is 6.03 Å². The Bertz CT molecular complexity index is 984. The van der Waals surface area contributed by atoms with Crippen molar-refractivity contribution in [2.45, 2.75) is 32.2 Å². The lowest BCUT2D eigenvalue weighted by Crippen LogP contribution is -2.32. The lowest BCUT2D eigenvalue weighted by Gasteiger charge is -2.14. The molecule has 150 valence electrons. The molecular weight excluding hydrogens is 366 g/mol. The number of nitrogens with zero attached hydrogens (tertiary/aromatic N) is 3. The van der Waals surface area contributed by atoms with Crippen molar-refractivity contribution in [2.24, 2.45) is 0 Å². The number of carbonyl (C=O) groups is 1. The SMILES string of the molecule is COc1cccc(NC(=O)NCCn2nc(-c3ccncc3)c3c2CCCC3)c1. The molecule has 2 aromatic heterocycles. The average Bonchev–Trinajstić information content (AvgIpc) is 3.13. The summed E-state index contributed by atoms with van der Waals surface area (Å²) < 4.78 is 7.23. The minimum Gasteiger partial charge on any atom is -0.497 e. The fraction of sp³-hybridized carbons (Fsp3) is 0.318. The maximum absolute atomic E-state index is 12.2. The number of ether oxygens (including phenoxy) is 1. The van der Waals surface area contributed by atoms with E-state index in [0.717, 1.165) is 24.1 Å². The molecule has 0 atom stereocenters. The second-order valence-corrected chi connectivity index (χ2v) is 7.05. The third kappa shape index (κ3) is 4.39. The van der Waals surface area contributed by atoms with Gasteiger partial charge in [0.15, 0.2) is 0 Å². The van der Waals surface area contributed by atoms with Crippen LogP contribution in [0.1, 0.15) is 24.1 Å². The molecule has 2 amide bonds. The Kier molecular flexibility index (Phi) is 5.74. The molecule has 0 fully saturated rings. The summed E-state index contributed by atoms with van der Waals surface area (Å²) in [6, 6.07) is 11.0. The zero-order chi connectivity index (χ0) is 20.1. The van der Waals surface area contributed by atoms with Crippen LogP contribution in [0.5, 0.6) is 5.75 Å². The Morgan fingerprint density at radius 1 is 1.17 bits per heavy atom. The summed E-state index contributed by atoms with van der Waals surface area (Å²) in [7, 11) is 1.60. The smallest absolute Gasteiger partial charge is 0.319 e. The first-order valence-corrected chi connectivity index (χ1v) is 9.92. The summed E-state index contributed by atoms with van der Waals surface area (Å²) in [5.74, 6) is 0.703. The maximum atomic E-state index is 12.2. The van der Waals surface area contributed by atoms with Crippen LogP contribution < -0.4 is 15.4 Å². The average molecular weight is 391 g/mol. The van der Waals surface area contributed by atoms with Gasteiger partial charge in [-0.05, 0) is 49.9 Å². The molecular formula is C22H25N5O2. The van der Waals surface area contributed by atoms with Gasteiger partial charge in [-0.2, -0.15) is 5.10 Å². The molecule has 1 aliphatic rings. The molecule has 0 saturated carbocycles. The number of anilines is 1. The Hall–Kier alpha value is -3.35. The number of aromatic nitrogens is 3. The van der Waals surface area contributed by atoms with Gasteiger partial charge in [0, 0.05) is 47.5 Å². The second-order valence-electron chi connectivity index (χ2n) is 7.05. The number of amides is 2. The number of benzene rings is 1. The highest BCUT2D eigenvalue weighted by molar-refractivity contribution is 5.89. The fourth-order valence-corrected chi connectivity index (χ4v) is 3.75. The van der Waals surface area contributed by atoms with E-state index in [4.69, 9.17) is 9.84 Å². The van der Waals surface area contributed by atoms with Crippen LogP contribution in [0.3, 0.4) is 0 Å². The van der Waals surface area contributed by atoms with Crippen LogP contribution in [-0.4, -0.2) is 34.5 Å². The molecule has 1 aromatic carbocycles. The van der Waals surface area contributed by atoms with Crippen molar-refractivity contribution in [3.63, 3.8) is 0 Å². The van der Waals surface area contributed by atoms with Gasteiger partial charge in [0.2, 0.25) is 0 Å². The minimum absolute atomic E-state index is 0.242. The number of hydrogen-bond donors (Lipinski definition) is 2. The van der Waals surface area contributed by atoms with E-state index in [2.05, 4.69) is 20.3 Å². The normalized spacial score (nSPS) is 12.9. The standard InChI is InChI=1S/C22H25N5O2/c1-29-18-6-4-5-17(15-18)25-22(28)24-13-14-27-20-8-3-2-7-19(20)21(26-27)16-9-11-23-12-10-16/h4-6,9-12,15H,2-3,7-8,13-14H2,1H3,(H2,24,25,28). The highest BCUT2D eigenvalue weighted by Crippen LogP contribution is 2.30. The van der Waals surface area contributed by atoms with Crippen LogP contribution in [0.15, 0.2) is 48.8 Å². The van der Waals surface area contributed by atoms with Crippen LogP contribution in [0.4, 0.5) is 10.5 Å². The van der Waals surface area contributed by atoms with Crippen molar-refractivity contribution in [1.29, 1.82) is 0 Å². The van der Waals surface area contributed by atoms with E-state index < -0.39 is 0 Å². The van der Waals surface area contributed by atoms with Crippen molar-refractivity contribution in [1.82, 2.24) is 20.1 Å². The van der Waals surface area contributed by atoms with Gasteiger partial charge in [-0.25, -0.2) is 4.79 Å². The first-order valence-electron chi connectivity index (χ1n) is 9.92. The van der Waals surface area contributed by atoms with Crippen LogP contribution in [0.25, 0.3) is 11.3 Å². The van der Waals surface area contributed by atoms with Gasteiger partial charge in [0.1, 0.15) is 5.75 Å². The molecule has 7 nitrogen and oxygen atoms in total. The first kappa shape index (κ1) is 19.0. The molecule has 0 spiro atoms. The largest absolute Gasteiger partial charge is 0.497 e. The minimum atomic E-state index is -0.242. The van der Waals surface area contributed by atoms with E-state index in [1.807, 2.05) is 30.3 Å². The van der Waals surface area contributed by atoms with Crippen molar-refractivity contribution < 1.29 is 9.53 Å².